The molecule has 4 aliphatic carbocycles. The van der Waals surface area contributed by atoms with Crippen molar-refractivity contribution in [1.29, 1.82) is 0 Å². The summed E-state index contributed by atoms with van der Waals surface area (Å²) in [7, 11) is 2.63. The molecule has 61 heavy (non-hydrogen) atoms. The van der Waals surface area contributed by atoms with Crippen molar-refractivity contribution in [3.8, 4) is 0 Å². The minimum Gasteiger partial charge on any atom is -0.481 e. The fourth-order valence-corrected chi connectivity index (χ4v) is 8.57. The first-order valence-corrected chi connectivity index (χ1v) is 19.5. The Labute approximate surface area is 348 Å². The minimum absolute atomic E-state index is 0.0238. The van der Waals surface area contributed by atoms with Gasteiger partial charge in [-0.2, -0.15) is 0 Å². The van der Waals surface area contributed by atoms with E-state index in [1.54, 1.807) is 36.4 Å². The Hall–Kier alpha value is -5.64. The second-order valence-electron chi connectivity index (χ2n) is 16.2. The van der Waals surface area contributed by atoms with Gasteiger partial charge < -0.3 is 34.6 Å². The third kappa shape index (κ3) is 8.91. The molecule has 0 unspecified atom stereocenters. The van der Waals surface area contributed by atoms with Crippen molar-refractivity contribution in [2.24, 2.45) is 23.7 Å². The Balaban J connectivity index is 0.000000136. The van der Waals surface area contributed by atoms with Crippen LogP contribution in [0, 0.1) is 46.9 Å². The van der Waals surface area contributed by atoms with Gasteiger partial charge in [0, 0.05) is 21.7 Å². The Bertz CT molecular complexity index is 2210. The van der Waals surface area contributed by atoms with E-state index in [-0.39, 0.29) is 78.3 Å². The van der Waals surface area contributed by atoms with Crippen molar-refractivity contribution < 1.29 is 71.4 Å². The topological polar surface area (TPSA) is 177 Å². The van der Waals surface area contributed by atoms with E-state index in [0.717, 1.165) is 12.0 Å². The van der Waals surface area contributed by atoms with E-state index in [4.69, 9.17) is 9.84 Å². The maximum atomic E-state index is 13.1. The number of carbonyl (C=O) groups is 4. The number of methoxy groups -OCH3 is 2. The van der Waals surface area contributed by atoms with E-state index < -0.39 is 33.9 Å². The lowest BCUT2D eigenvalue weighted by atomic mass is 9.94. The molecule has 5 aliphatic rings. The van der Waals surface area contributed by atoms with Gasteiger partial charge in [0.2, 0.25) is 0 Å². The molecule has 0 radical (unpaired) electrons. The number of carboxylic acids is 1. The average molecular weight is 851 g/mol. The smallest absolute Gasteiger partial charge is 0.310 e. The number of carbonyl (C=O) groups excluding carboxylic acids is 3. The lowest BCUT2D eigenvalue weighted by Gasteiger charge is -2.14. The molecular formula is C46H46F4O11. The maximum absolute atomic E-state index is 13.1. The number of esters is 3. The third-order valence-electron chi connectivity index (χ3n) is 12.8. The zero-order valence-electron chi connectivity index (χ0n) is 33.4. The van der Waals surface area contributed by atoms with Gasteiger partial charge >= 0.3 is 23.9 Å². The summed E-state index contributed by atoms with van der Waals surface area (Å²) >= 11 is 0. The van der Waals surface area contributed by atoms with Crippen LogP contribution in [0.1, 0.15) is 47.9 Å². The number of hydrogen-bond donors (Lipinski definition) is 4. The van der Waals surface area contributed by atoms with Gasteiger partial charge in [-0.3, -0.25) is 19.2 Å². The number of halogens is 4. The predicted molar refractivity (Wildman–Crippen MR) is 209 cm³/mol. The number of aliphatic hydroxyl groups is 3. The van der Waals surface area contributed by atoms with Crippen molar-refractivity contribution in [3.05, 3.63) is 143 Å². The van der Waals surface area contributed by atoms with E-state index in [1.165, 1.54) is 68.8 Å². The Morgan fingerprint density at radius 1 is 0.590 bits per heavy atom. The van der Waals surface area contributed by atoms with Crippen molar-refractivity contribution in [1.82, 2.24) is 0 Å². The first-order valence-electron chi connectivity index (χ1n) is 19.5. The molecule has 1 saturated heterocycles. The van der Waals surface area contributed by atoms with Crippen LogP contribution >= 0.6 is 0 Å². The zero-order chi connectivity index (χ0) is 44.3. The minimum atomic E-state index is -0.937. The second-order valence-corrected chi connectivity index (χ2v) is 16.2. The van der Waals surface area contributed by atoms with Crippen LogP contribution in [0.5, 0.6) is 0 Å². The highest BCUT2D eigenvalue weighted by molar-refractivity contribution is 5.82. The largest absolute Gasteiger partial charge is 0.481 e. The molecule has 324 valence electrons. The van der Waals surface area contributed by atoms with Crippen molar-refractivity contribution in [2.45, 2.75) is 47.3 Å². The Morgan fingerprint density at radius 2 is 0.934 bits per heavy atom. The van der Waals surface area contributed by atoms with E-state index in [1.807, 2.05) is 6.07 Å². The normalized spacial score (nSPS) is 29.3. The van der Waals surface area contributed by atoms with Crippen LogP contribution in [0.15, 0.2) is 97.1 Å². The SMILES string of the molecule is COC(=O)[C@@H]1C[C@@]1(CO)c1cccc(F)c1.COC(=O)[C@H]1C[C@@]1(CO)c1cccc(F)c1.O=C(O)[C@H]1C[C@@]1(CO)c1cccc(F)c1.O=C1OC[C@@]2(c3cccc(F)c3)C[C@@H]12. The van der Waals surface area contributed by atoms with Crippen molar-refractivity contribution >= 4 is 23.9 Å². The standard InChI is InChI=1S/2C12H13FO3.C11H11FO3.C11H9FO2/c2*1-16-11(15)10-6-12(10,7-14)8-3-2-4-9(13)5-8;12-8-3-1-2-7(4-8)11(6-13)5-9(11)10(14)15;12-8-3-1-2-7(4-8)11-5-9(11)10(13)14-6-11/h2*2-5,10,14H,6-7H2,1H3;1-4,9,13H,5-6H2,(H,14,15);1-4,9H,5-6H2/t10-,12+;10-,12-;9-,11-;9-,11+/m0110/s1. The van der Waals surface area contributed by atoms with Gasteiger partial charge in [0.25, 0.3) is 0 Å². The molecule has 0 aromatic heterocycles. The summed E-state index contributed by atoms with van der Waals surface area (Å²) in [4.78, 5) is 44.7. The quantitative estimate of drug-likeness (QED) is 0.0926. The van der Waals surface area contributed by atoms with Crippen LogP contribution in [-0.4, -0.2) is 85.0 Å². The second kappa shape index (κ2) is 17.8. The number of carboxylic acid groups (broad SMARTS) is 1. The number of aliphatic carboxylic acids is 1. The highest BCUT2D eigenvalue weighted by atomic mass is 19.1. The first-order chi connectivity index (χ1) is 29.1. The highest BCUT2D eigenvalue weighted by Crippen LogP contribution is 2.59. The van der Waals surface area contributed by atoms with Gasteiger partial charge in [-0.25, -0.2) is 17.6 Å². The van der Waals surface area contributed by atoms with Crippen LogP contribution < -0.4 is 0 Å². The summed E-state index contributed by atoms with van der Waals surface area (Å²) in [5.74, 6) is -4.47. The van der Waals surface area contributed by atoms with Gasteiger partial charge in [0.05, 0.1) is 57.7 Å². The molecular weight excluding hydrogens is 804 g/mol. The van der Waals surface area contributed by atoms with Gasteiger partial charge in [-0.15, -0.1) is 0 Å². The molecule has 1 heterocycles. The fraction of sp³-hybridized carbons (Fsp3) is 0.391. The molecule has 4 aromatic carbocycles. The Kier molecular flexibility index (Phi) is 13.1. The summed E-state index contributed by atoms with van der Waals surface area (Å²) < 4.78 is 66.3. The maximum Gasteiger partial charge on any atom is 0.310 e. The van der Waals surface area contributed by atoms with Gasteiger partial charge in [-0.05, 0) is 96.5 Å². The number of hydrogen-bond acceptors (Lipinski definition) is 10. The molecule has 4 saturated carbocycles. The highest BCUT2D eigenvalue weighted by Gasteiger charge is 2.65. The number of aliphatic hydroxyl groups excluding tert-OH is 3. The molecule has 9 rings (SSSR count). The van der Waals surface area contributed by atoms with Gasteiger partial charge in [0.15, 0.2) is 0 Å². The van der Waals surface area contributed by atoms with Crippen molar-refractivity contribution in [3.63, 3.8) is 0 Å². The number of ether oxygens (including phenoxy) is 3. The molecule has 1 aliphatic heterocycles. The summed E-state index contributed by atoms with van der Waals surface area (Å²) in [6.07, 6.45) is 2.22. The first kappa shape index (κ1) is 44.9. The molecule has 5 fully saturated rings. The molecule has 0 bridgehead atoms. The van der Waals surface area contributed by atoms with Crippen LogP contribution in [0.4, 0.5) is 17.6 Å². The lowest BCUT2D eigenvalue weighted by Crippen LogP contribution is -2.20. The van der Waals surface area contributed by atoms with E-state index in [9.17, 15) is 52.1 Å². The lowest BCUT2D eigenvalue weighted by molar-refractivity contribution is -0.143. The molecule has 15 heteroatoms. The molecule has 4 N–H and O–H groups in total. The molecule has 4 aromatic rings. The van der Waals surface area contributed by atoms with Gasteiger partial charge in [-0.1, -0.05) is 48.5 Å². The third-order valence-corrected chi connectivity index (χ3v) is 12.8. The fourth-order valence-electron chi connectivity index (χ4n) is 8.57. The van der Waals surface area contributed by atoms with E-state index >= 15 is 0 Å². The summed E-state index contributed by atoms with van der Waals surface area (Å²) in [6, 6.07) is 24.2. The summed E-state index contributed by atoms with van der Waals surface area (Å²) in [5, 5.41) is 36.9. The monoisotopic (exact) mass is 850 g/mol. The average Bonchev–Trinajstić information content (AvgIpc) is 4.13. The van der Waals surface area contributed by atoms with Crippen LogP contribution in [0.3, 0.4) is 0 Å². The number of cyclic esters (lactones) is 1. The van der Waals surface area contributed by atoms with Crippen LogP contribution in [0.2, 0.25) is 0 Å². The number of fused-ring (bicyclic) bond motifs is 1. The molecule has 11 nitrogen and oxygen atoms in total. The molecule has 0 spiro atoms. The number of rotatable bonds is 10. The molecule has 8 atom stereocenters. The van der Waals surface area contributed by atoms with Gasteiger partial charge in [0.1, 0.15) is 29.9 Å². The summed E-state index contributed by atoms with van der Waals surface area (Å²) in [6.45, 7) is -0.181. The summed E-state index contributed by atoms with van der Waals surface area (Å²) in [5.41, 5.74) is 0.527. The zero-order valence-corrected chi connectivity index (χ0v) is 33.4. The van der Waals surface area contributed by atoms with Crippen LogP contribution in [0.25, 0.3) is 0 Å². The van der Waals surface area contributed by atoms with Crippen LogP contribution in [-0.2, 0) is 55.0 Å². The number of benzene rings is 4. The van der Waals surface area contributed by atoms with Crippen molar-refractivity contribution in [2.75, 3.05) is 40.6 Å². The molecule has 0 amide bonds. The predicted octanol–water partition coefficient (Wildman–Crippen LogP) is 5.30. The Morgan fingerprint density at radius 3 is 1.21 bits per heavy atom. The van der Waals surface area contributed by atoms with E-state index in [2.05, 4.69) is 9.47 Å². The van der Waals surface area contributed by atoms with E-state index in [0.29, 0.717) is 42.6 Å².